The van der Waals surface area contributed by atoms with E-state index in [-0.39, 0.29) is 35.3 Å². The zero-order valence-electron chi connectivity index (χ0n) is 11.1. The van der Waals surface area contributed by atoms with Gasteiger partial charge in [-0.3, -0.25) is 9.69 Å². The van der Waals surface area contributed by atoms with Gasteiger partial charge in [-0.05, 0) is 33.0 Å². The maximum Gasteiger partial charge on any atom is 0.248 e. The quantitative estimate of drug-likeness (QED) is 0.566. The first-order valence-corrected chi connectivity index (χ1v) is 6.30. The molecule has 106 valence electrons. The molecule has 4 unspecified atom stereocenters. The summed E-state index contributed by atoms with van der Waals surface area (Å²) >= 11 is 0. The number of aliphatic hydroxyl groups excluding tert-OH is 3. The number of fused-ring (bicyclic) bond motifs is 1. The van der Waals surface area contributed by atoms with E-state index in [4.69, 9.17) is 5.73 Å². The molecule has 2 aliphatic rings. The molecule has 0 bridgehead atoms. The van der Waals surface area contributed by atoms with Crippen LogP contribution in [0.1, 0.15) is 12.8 Å². The number of hydrogen-bond acceptors (Lipinski definition) is 5. The lowest BCUT2D eigenvalue weighted by molar-refractivity contribution is -0.115. The summed E-state index contributed by atoms with van der Waals surface area (Å²) in [6.45, 7) is 0. The lowest BCUT2D eigenvalue weighted by Crippen LogP contribution is -2.51. The Hall–Kier alpha value is -1.53. The number of hydrogen-bond donors (Lipinski definition) is 4. The summed E-state index contributed by atoms with van der Waals surface area (Å²) in [4.78, 5) is 13.2. The molecule has 19 heavy (non-hydrogen) atoms. The summed E-state index contributed by atoms with van der Waals surface area (Å²) in [5.41, 5.74) is 5.42. The predicted molar refractivity (Wildman–Crippen MR) is 69.3 cm³/mol. The van der Waals surface area contributed by atoms with Crippen molar-refractivity contribution in [2.75, 3.05) is 14.1 Å². The Bertz CT molecular complexity index is 456. The number of carbonyl (C=O) groups is 1. The van der Waals surface area contributed by atoms with E-state index in [0.717, 1.165) is 0 Å². The molecule has 1 amide bonds. The zero-order valence-corrected chi connectivity index (χ0v) is 11.1. The van der Waals surface area contributed by atoms with Crippen LogP contribution in [0, 0.1) is 11.8 Å². The van der Waals surface area contributed by atoms with Gasteiger partial charge >= 0.3 is 0 Å². The van der Waals surface area contributed by atoms with Gasteiger partial charge in [0.15, 0.2) is 0 Å². The Morgan fingerprint density at radius 2 is 2.05 bits per heavy atom. The number of carbonyl (C=O) groups excluding carboxylic acids is 1. The van der Waals surface area contributed by atoms with Crippen molar-refractivity contribution < 1.29 is 20.1 Å². The normalized spacial score (nSPS) is 35.1. The number of nitrogens with zero attached hydrogens (tertiary/aromatic N) is 1. The molecular weight excluding hydrogens is 248 g/mol. The Kier molecular flexibility index (Phi) is 3.56. The van der Waals surface area contributed by atoms with Gasteiger partial charge < -0.3 is 21.1 Å². The third-order valence-corrected chi connectivity index (χ3v) is 4.09. The summed E-state index contributed by atoms with van der Waals surface area (Å²) in [6, 6.07) is -0.521. The maximum absolute atomic E-state index is 11.4. The molecule has 0 saturated heterocycles. The van der Waals surface area contributed by atoms with Gasteiger partial charge in [0.25, 0.3) is 0 Å². The van der Waals surface area contributed by atoms with Gasteiger partial charge in [0.1, 0.15) is 5.76 Å². The van der Waals surface area contributed by atoms with Gasteiger partial charge in [0.05, 0.1) is 23.5 Å². The number of amides is 1. The van der Waals surface area contributed by atoms with Gasteiger partial charge in [-0.25, -0.2) is 0 Å². The van der Waals surface area contributed by atoms with Crippen molar-refractivity contribution in [1.29, 1.82) is 0 Å². The number of nitrogens with two attached hydrogens (primary N) is 1. The minimum atomic E-state index is -0.685. The number of allylic oxidation sites excluding steroid dienone is 1. The predicted octanol–water partition coefficient (Wildman–Crippen LogP) is 0.0566. The monoisotopic (exact) mass is 268 g/mol. The van der Waals surface area contributed by atoms with E-state index in [0.29, 0.717) is 6.42 Å². The Morgan fingerprint density at radius 3 is 2.58 bits per heavy atom. The van der Waals surface area contributed by atoms with Crippen LogP contribution in [0.3, 0.4) is 0 Å². The molecule has 0 aromatic heterocycles. The fourth-order valence-electron chi connectivity index (χ4n) is 3.19. The highest BCUT2D eigenvalue weighted by atomic mass is 16.3. The topological polar surface area (TPSA) is 107 Å². The lowest BCUT2D eigenvalue weighted by Gasteiger charge is -2.44. The molecule has 2 rings (SSSR count). The van der Waals surface area contributed by atoms with Crippen molar-refractivity contribution in [2.24, 2.45) is 17.6 Å². The average molecular weight is 268 g/mol. The third kappa shape index (κ3) is 2.21. The minimum Gasteiger partial charge on any atom is -0.512 e. The van der Waals surface area contributed by atoms with Crippen molar-refractivity contribution in [3.63, 3.8) is 0 Å². The fraction of sp³-hybridized carbons (Fsp3) is 0.615. The Labute approximate surface area is 111 Å². The molecule has 0 fully saturated rings. The Morgan fingerprint density at radius 1 is 1.42 bits per heavy atom. The van der Waals surface area contributed by atoms with Crippen LogP contribution >= 0.6 is 0 Å². The number of primary amides is 1. The van der Waals surface area contributed by atoms with Crippen LogP contribution in [-0.4, -0.2) is 52.4 Å². The zero-order chi connectivity index (χ0) is 14.3. The van der Waals surface area contributed by atoms with E-state index in [2.05, 4.69) is 0 Å². The fourth-order valence-corrected chi connectivity index (χ4v) is 3.19. The highest BCUT2D eigenvalue weighted by molar-refractivity contribution is 5.93. The number of likely N-dealkylation sites (N-methyl/N-ethyl adjacent to an activating group) is 1. The van der Waals surface area contributed by atoms with E-state index in [1.165, 1.54) is 0 Å². The summed E-state index contributed by atoms with van der Waals surface area (Å²) in [6.07, 6.45) is 1.41. The van der Waals surface area contributed by atoms with Crippen molar-refractivity contribution in [3.8, 4) is 0 Å². The number of rotatable bonds is 2. The molecule has 0 aromatic rings. The second-order valence-corrected chi connectivity index (χ2v) is 5.46. The summed E-state index contributed by atoms with van der Waals surface area (Å²) in [5, 5.41) is 30.4. The summed E-state index contributed by atoms with van der Waals surface area (Å²) in [7, 11) is 3.51. The van der Waals surface area contributed by atoms with Crippen LogP contribution in [-0.2, 0) is 4.79 Å². The van der Waals surface area contributed by atoms with E-state index >= 15 is 0 Å². The van der Waals surface area contributed by atoms with Crippen molar-refractivity contribution >= 4 is 5.91 Å². The van der Waals surface area contributed by atoms with Crippen molar-refractivity contribution in [3.05, 3.63) is 23.2 Å². The second-order valence-electron chi connectivity index (χ2n) is 5.46. The molecule has 0 radical (unpaired) electrons. The van der Waals surface area contributed by atoms with Gasteiger partial charge in [0, 0.05) is 11.8 Å². The molecule has 2 aliphatic carbocycles. The van der Waals surface area contributed by atoms with E-state index < -0.39 is 18.1 Å². The molecule has 5 N–H and O–H groups in total. The van der Waals surface area contributed by atoms with E-state index in [9.17, 15) is 20.1 Å². The van der Waals surface area contributed by atoms with Gasteiger partial charge in [-0.1, -0.05) is 0 Å². The molecule has 4 atom stereocenters. The number of aliphatic hydroxyl groups is 3. The molecular formula is C13H20N2O4. The first kappa shape index (κ1) is 13.9. The smallest absolute Gasteiger partial charge is 0.248 e. The molecule has 0 saturated carbocycles. The van der Waals surface area contributed by atoms with Gasteiger partial charge in [-0.2, -0.15) is 0 Å². The largest absolute Gasteiger partial charge is 0.512 e. The van der Waals surface area contributed by atoms with Crippen molar-refractivity contribution in [2.45, 2.75) is 25.0 Å². The molecule has 0 spiro atoms. The highest BCUT2D eigenvalue weighted by Crippen LogP contribution is 2.43. The first-order chi connectivity index (χ1) is 8.84. The molecule has 0 heterocycles. The maximum atomic E-state index is 11.4. The highest BCUT2D eigenvalue weighted by Gasteiger charge is 2.47. The molecule has 0 aromatic carbocycles. The van der Waals surface area contributed by atoms with Gasteiger partial charge in [0.2, 0.25) is 5.91 Å². The SMILES string of the molecule is CN(C)C1C(O)=C(C(N)=O)CC2C(O)=CCC(O)C21. The lowest BCUT2D eigenvalue weighted by atomic mass is 9.68. The van der Waals surface area contributed by atoms with Crippen LogP contribution < -0.4 is 5.73 Å². The van der Waals surface area contributed by atoms with Crippen LogP contribution in [0.4, 0.5) is 0 Å². The Balaban J connectivity index is 2.50. The summed E-state index contributed by atoms with van der Waals surface area (Å²) < 4.78 is 0. The van der Waals surface area contributed by atoms with Gasteiger partial charge in [-0.15, -0.1) is 0 Å². The molecule has 6 nitrogen and oxygen atoms in total. The van der Waals surface area contributed by atoms with Crippen LogP contribution in [0.15, 0.2) is 23.2 Å². The minimum absolute atomic E-state index is 0.0903. The third-order valence-electron chi connectivity index (χ3n) is 4.09. The average Bonchev–Trinajstić information content (AvgIpc) is 2.32. The molecule has 0 aliphatic heterocycles. The van der Waals surface area contributed by atoms with Crippen LogP contribution in [0.2, 0.25) is 0 Å². The standard InChI is InChI=1S/C13H20N2O4/c1-15(2)11-10-6(8(16)3-4-9(10)17)5-7(12(11)18)13(14)19/h3,6,9-11,16-18H,4-5H2,1-2H3,(H2,14,19). The van der Waals surface area contributed by atoms with Crippen LogP contribution in [0.25, 0.3) is 0 Å². The second kappa shape index (κ2) is 4.86. The van der Waals surface area contributed by atoms with Crippen molar-refractivity contribution in [1.82, 2.24) is 4.90 Å². The molecule has 6 heteroatoms. The summed E-state index contributed by atoms with van der Waals surface area (Å²) in [5.74, 6) is -1.34. The first-order valence-electron chi connectivity index (χ1n) is 6.30. The van der Waals surface area contributed by atoms with E-state index in [1.54, 1.807) is 25.1 Å². The van der Waals surface area contributed by atoms with Crippen LogP contribution in [0.5, 0.6) is 0 Å². The van der Waals surface area contributed by atoms with E-state index in [1.807, 2.05) is 0 Å².